The van der Waals surface area contributed by atoms with Crippen molar-refractivity contribution in [2.75, 3.05) is 0 Å². The number of hydrogen-bond acceptors (Lipinski definition) is 3. The first-order valence-corrected chi connectivity index (χ1v) is 13.9. The number of esters is 2. The average molecular weight is 439 g/mol. The molecule has 0 heterocycles. The largest absolute Gasteiger partial charge is 0.393 e. The van der Waals surface area contributed by atoms with Crippen LogP contribution in [0.15, 0.2) is 0 Å². The Morgan fingerprint density at radius 3 is 0.935 bits per heavy atom. The van der Waals surface area contributed by atoms with E-state index in [2.05, 4.69) is 13.8 Å². The van der Waals surface area contributed by atoms with Gasteiger partial charge in [0.2, 0.25) is 0 Å². The molecule has 0 bridgehead atoms. The van der Waals surface area contributed by atoms with Gasteiger partial charge in [-0.3, -0.25) is 9.59 Å². The molecule has 0 saturated carbocycles. The molecular weight excluding hydrogens is 384 g/mol. The van der Waals surface area contributed by atoms with Crippen LogP contribution in [0.1, 0.15) is 168 Å². The number of unbranched alkanes of at least 4 members (excludes halogenated alkanes) is 20. The van der Waals surface area contributed by atoms with E-state index in [4.69, 9.17) is 4.74 Å². The third-order valence-electron chi connectivity index (χ3n) is 6.20. The van der Waals surface area contributed by atoms with E-state index in [0.717, 1.165) is 32.1 Å². The Bertz CT molecular complexity index is 392. The zero-order valence-corrected chi connectivity index (χ0v) is 21.2. The zero-order chi connectivity index (χ0) is 22.8. The molecule has 0 radical (unpaired) electrons. The predicted molar refractivity (Wildman–Crippen MR) is 133 cm³/mol. The Balaban J connectivity index is 3.18. The fraction of sp³-hybridized carbons (Fsp3) is 0.929. The van der Waals surface area contributed by atoms with Crippen molar-refractivity contribution in [1.82, 2.24) is 0 Å². The highest BCUT2D eigenvalue weighted by Gasteiger charge is 2.09. The van der Waals surface area contributed by atoms with E-state index in [0.29, 0.717) is 12.8 Å². The number of hydrogen-bond donors (Lipinski definition) is 0. The van der Waals surface area contributed by atoms with Gasteiger partial charge in [-0.15, -0.1) is 0 Å². The van der Waals surface area contributed by atoms with Crippen LogP contribution in [0, 0.1) is 0 Å². The van der Waals surface area contributed by atoms with Gasteiger partial charge in [-0.25, -0.2) is 0 Å². The molecule has 0 amide bonds. The summed E-state index contributed by atoms with van der Waals surface area (Å²) in [7, 11) is 0. The number of carbonyl (C=O) groups excluding carboxylic acids is 2. The van der Waals surface area contributed by atoms with Crippen molar-refractivity contribution in [3.8, 4) is 0 Å². The fourth-order valence-corrected chi connectivity index (χ4v) is 4.10. The van der Waals surface area contributed by atoms with Crippen LogP contribution in [0.2, 0.25) is 0 Å². The number of carbonyl (C=O) groups is 2. The van der Waals surface area contributed by atoms with E-state index in [1.165, 1.54) is 109 Å². The molecule has 0 aromatic rings. The van der Waals surface area contributed by atoms with E-state index in [1.807, 2.05) is 0 Å². The Morgan fingerprint density at radius 1 is 0.387 bits per heavy atom. The third-order valence-corrected chi connectivity index (χ3v) is 6.20. The maximum absolute atomic E-state index is 11.6. The monoisotopic (exact) mass is 438 g/mol. The van der Waals surface area contributed by atoms with Gasteiger partial charge in [0, 0.05) is 12.8 Å². The summed E-state index contributed by atoms with van der Waals surface area (Å²) in [5, 5.41) is 0. The molecule has 0 N–H and O–H groups in total. The molecule has 0 aliphatic heterocycles. The van der Waals surface area contributed by atoms with Crippen molar-refractivity contribution >= 4 is 11.9 Å². The summed E-state index contributed by atoms with van der Waals surface area (Å²) < 4.78 is 4.86. The second kappa shape index (κ2) is 25.4. The maximum Gasteiger partial charge on any atom is 0.313 e. The van der Waals surface area contributed by atoms with Crippen LogP contribution in [0.5, 0.6) is 0 Å². The molecule has 3 heteroatoms. The van der Waals surface area contributed by atoms with E-state index in [9.17, 15) is 9.59 Å². The van der Waals surface area contributed by atoms with E-state index < -0.39 is 0 Å². The van der Waals surface area contributed by atoms with Crippen molar-refractivity contribution in [2.24, 2.45) is 0 Å². The summed E-state index contributed by atoms with van der Waals surface area (Å²) in [4.78, 5) is 23.1. The average Bonchev–Trinajstić information content (AvgIpc) is 2.75. The van der Waals surface area contributed by atoms with Gasteiger partial charge in [-0.2, -0.15) is 0 Å². The van der Waals surface area contributed by atoms with Gasteiger partial charge in [0.15, 0.2) is 0 Å². The number of rotatable bonds is 24. The van der Waals surface area contributed by atoms with E-state index in [1.54, 1.807) is 0 Å². The normalized spacial score (nSPS) is 11.0. The third kappa shape index (κ3) is 25.3. The molecule has 0 aromatic carbocycles. The topological polar surface area (TPSA) is 43.4 Å². The van der Waals surface area contributed by atoms with Crippen LogP contribution in [0.4, 0.5) is 0 Å². The zero-order valence-electron chi connectivity index (χ0n) is 21.2. The summed E-state index contributed by atoms with van der Waals surface area (Å²) in [5.41, 5.74) is 0. The number of ether oxygens (including phenoxy) is 1. The van der Waals surface area contributed by atoms with Crippen molar-refractivity contribution in [2.45, 2.75) is 168 Å². The van der Waals surface area contributed by atoms with E-state index in [-0.39, 0.29) is 11.9 Å². The van der Waals surface area contributed by atoms with Gasteiger partial charge in [0.05, 0.1) is 0 Å². The highest BCUT2D eigenvalue weighted by atomic mass is 16.6. The Labute approximate surface area is 194 Å². The van der Waals surface area contributed by atoms with E-state index >= 15 is 0 Å². The molecule has 0 spiro atoms. The molecule has 0 aliphatic rings. The molecule has 0 aromatic heterocycles. The second-order valence-corrected chi connectivity index (χ2v) is 9.42. The highest BCUT2D eigenvalue weighted by molar-refractivity contribution is 5.85. The molecule has 0 unspecified atom stereocenters. The summed E-state index contributed by atoms with van der Waals surface area (Å²) >= 11 is 0. The van der Waals surface area contributed by atoms with Crippen molar-refractivity contribution in [3.05, 3.63) is 0 Å². The predicted octanol–water partition coefficient (Wildman–Crippen LogP) is 9.46. The Morgan fingerprint density at radius 2 is 0.613 bits per heavy atom. The lowest BCUT2D eigenvalue weighted by Gasteiger charge is -2.04. The van der Waals surface area contributed by atoms with Crippen molar-refractivity contribution in [1.29, 1.82) is 0 Å². The summed E-state index contributed by atoms with van der Waals surface area (Å²) in [6.07, 6.45) is 29.2. The lowest BCUT2D eigenvalue weighted by atomic mass is 10.0. The minimum Gasteiger partial charge on any atom is -0.393 e. The highest BCUT2D eigenvalue weighted by Crippen LogP contribution is 2.15. The first-order chi connectivity index (χ1) is 15.2. The Kier molecular flexibility index (Phi) is 24.7. The molecule has 0 rings (SSSR count). The van der Waals surface area contributed by atoms with Crippen LogP contribution in [-0.4, -0.2) is 11.9 Å². The minimum absolute atomic E-state index is 0.339. The van der Waals surface area contributed by atoms with Gasteiger partial charge < -0.3 is 4.74 Å². The van der Waals surface area contributed by atoms with Crippen LogP contribution in [0.3, 0.4) is 0 Å². The fourth-order valence-electron chi connectivity index (χ4n) is 4.10. The van der Waals surface area contributed by atoms with Crippen LogP contribution >= 0.6 is 0 Å². The molecule has 0 saturated heterocycles. The molecule has 0 aliphatic carbocycles. The van der Waals surface area contributed by atoms with Crippen LogP contribution in [-0.2, 0) is 14.3 Å². The smallest absolute Gasteiger partial charge is 0.313 e. The molecule has 0 atom stereocenters. The first kappa shape index (κ1) is 30.1. The SMILES string of the molecule is CCCCCCCCCCCCCCCCCCCCCC(=O)OC(=O)CCCCC. The van der Waals surface area contributed by atoms with Gasteiger partial charge in [-0.05, 0) is 12.8 Å². The van der Waals surface area contributed by atoms with Crippen molar-refractivity contribution < 1.29 is 14.3 Å². The standard InChI is InChI=1S/C28H54O3/c1-3-5-7-8-9-10-11-12-13-14-15-16-17-18-19-20-21-22-24-26-28(30)31-27(29)25-23-6-4-2/h3-26H2,1-2H3. The maximum atomic E-state index is 11.6. The van der Waals surface area contributed by atoms with Gasteiger partial charge in [-0.1, -0.05) is 142 Å². The molecule has 3 nitrogen and oxygen atoms in total. The summed E-state index contributed by atoms with van der Waals surface area (Å²) in [6, 6.07) is 0. The minimum atomic E-state index is -0.351. The van der Waals surface area contributed by atoms with Gasteiger partial charge in [0.1, 0.15) is 0 Å². The summed E-state index contributed by atoms with van der Waals surface area (Å²) in [5.74, 6) is -0.690. The second-order valence-electron chi connectivity index (χ2n) is 9.42. The molecule has 31 heavy (non-hydrogen) atoms. The van der Waals surface area contributed by atoms with Crippen LogP contribution < -0.4 is 0 Å². The lowest BCUT2D eigenvalue weighted by molar-refractivity contribution is -0.159. The lowest BCUT2D eigenvalue weighted by Crippen LogP contribution is -2.11. The first-order valence-electron chi connectivity index (χ1n) is 13.9. The molecule has 184 valence electrons. The van der Waals surface area contributed by atoms with Gasteiger partial charge >= 0.3 is 11.9 Å². The summed E-state index contributed by atoms with van der Waals surface area (Å²) in [6.45, 7) is 4.38. The van der Waals surface area contributed by atoms with Gasteiger partial charge in [0.25, 0.3) is 0 Å². The molecular formula is C28H54O3. The quantitative estimate of drug-likeness (QED) is 0.0856. The molecule has 0 fully saturated rings. The Hall–Kier alpha value is -0.860. The van der Waals surface area contributed by atoms with Crippen LogP contribution in [0.25, 0.3) is 0 Å². The van der Waals surface area contributed by atoms with Crippen molar-refractivity contribution in [3.63, 3.8) is 0 Å².